The second-order valence-electron chi connectivity index (χ2n) is 1.25. The monoisotopic (exact) mass is 144 g/mol. The maximum absolute atomic E-state index is 10.0. The molecule has 0 aliphatic heterocycles. The zero-order chi connectivity index (χ0) is 6.69. The summed E-state index contributed by atoms with van der Waals surface area (Å²) in [5, 5.41) is 1.59. The summed E-state index contributed by atoms with van der Waals surface area (Å²) in [7, 11) is 0. The van der Waals surface area contributed by atoms with E-state index in [0.717, 1.165) is 0 Å². The molecule has 0 saturated heterocycles. The van der Waals surface area contributed by atoms with Crippen molar-refractivity contribution in [2.75, 3.05) is 0 Å². The molecule has 4 nitrogen and oxygen atoms in total. The SMILES string of the molecule is NC(=O)Oc1cscn1. The number of nitrogens with two attached hydrogens (primary N) is 1. The van der Waals surface area contributed by atoms with Gasteiger partial charge in [0.15, 0.2) is 0 Å². The maximum Gasteiger partial charge on any atom is 0.411 e. The third kappa shape index (κ3) is 1.69. The van der Waals surface area contributed by atoms with Crippen molar-refractivity contribution < 1.29 is 9.53 Å². The van der Waals surface area contributed by atoms with E-state index in [0.29, 0.717) is 0 Å². The average molecular weight is 144 g/mol. The van der Waals surface area contributed by atoms with Crippen molar-refractivity contribution in [3.8, 4) is 5.88 Å². The van der Waals surface area contributed by atoms with E-state index >= 15 is 0 Å². The molecular weight excluding hydrogens is 140 g/mol. The Labute approximate surface area is 55.3 Å². The predicted molar refractivity (Wildman–Crippen MR) is 32.3 cm³/mol. The molecule has 1 aromatic rings. The summed E-state index contributed by atoms with van der Waals surface area (Å²) in [5.41, 5.74) is 6.24. The van der Waals surface area contributed by atoms with E-state index in [-0.39, 0.29) is 5.88 Å². The van der Waals surface area contributed by atoms with Crippen molar-refractivity contribution >= 4 is 17.4 Å². The van der Waals surface area contributed by atoms with Crippen LogP contribution >= 0.6 is 11.3 Å². The summed E-state index contributed by atoms with van der Waals surface area (Å²) in [6.07, 6.45) is -0.833. The van der Waals surface area contributed by atoms with Crippen LogP contribution < -0.4 is 10.5 Å². The number of rotatable bonds is 1. The van der Waals surface area contributed by atoms with Gasteiger partial charge in [0.2, 0.25) is 5.88 Å². The average Bonchev–Trinajstić information content (AvgIpc) is 2.15. The molecule has 0 radical (unpaired) electrons. The molecule has 0 aromatic carbocycles. The molecule has 48 valence electrons. The van der Waals surface area contributed by atoms with Crippen LogP contribution in [0.4, 0.5) is 4.79 Å². The van der Waals surface area contributed by atoms with E-state index in [1.165, 1.54) is 11.3 Å². The van der Waals surface area contributed by atoms with Crippen LogP contribution in [-0.4, -0.2) is 11.1 Å². The molecule has 1 amide bonds. The summed E-state index contributed by atoms with van der Waals surface area (Å²) in [6, 6.07) is 0. The summed E-state index contributed by atoms with van der Waals surface area (Å²) in [6.45, 7) is 0. The van der Waals surface area contributed by atoms with E-state index in [4.69, 9.17) is 0 Å². The first kappa shape index (κ1) is 6.03. The Bertz CT molecular complexity index is 196. The Balaban J connectivity index is 2.58. The Kier molecular flexibility index (Phi) is 1.64. The molecule has 2 N–H and O–H groups in total. The van der Waals surface area contributed by atoms with E-state index in [1.54, 1.807) is 10.9 Å². The van der Waals surface area contributed by atoms with Crippen molar-refractivity contribution in [3.05, 3.63) is 10.9 Å². The van der Waals surface area contributed by atoms with Gasteiger partial charge < -0.3 is 10.5 Å². The molecule has 0 fully saturated rings. The molecule has 1 rings (SSSR count). The largest absolute Gasteiger partial charge is 0.411 e. The first-order valence-electron chi connectivity index (χ1n) is 2.14. The minimum absolute atomic E-state index is 0.257. The summed E-state index contributed by atoms with van der Waals surface area (Å²) in [4.78, 5) is 13.7. The van der Waals surface area contributed by atoms with Crippen molar-refractivity contribution in [2.45, 2.75) is 0 Å². The van der Waals surface area contributed by atoms with Crippen molar-refractivity contribution in [1.82, 2.24) is 4.98 Å². The van der Waals surface area contributed by atoms with Gasteiger partial charge in [-0.05, 0) is 0 Å². The standard InChI is InChI=1S/C4H4N2O2S/c5-4(7)8-3-1-9-2-6-3/h1-2H,(H2,5,7). The number of carbonyl (C=O) groups is 1. The molecule has 9 heavy (non-hydrogen) atoms. The quantitative estimate of drug-likeness (QED) is 0.627. The molecule has 0 spiro atoms. The topological polar surface area (TPSA) is 65.2 Å². The fourth-order valence-electron chi connectivity index (χ4n) is 0.355. The highest BCUT2D eigenvalue weighted by atomic mass is 32.1. The van der Waals surface area contributed by atoms with E-state index in [1.807, 2.05) is 0 Å². The fourth-order valence-corrected chi connectivity index (χ4v) is 0.806. The lowest BCUT2D eigenvalue weighted by Crippen LogP contribution is -2.16. The van der Waals surface area contributed by atoms with E-state index in [2.05, 4.69) is 15.5 Å². The van der Waals surface area contributed by atoms with Gasteiger partial charge in [-0.3, -0.25) is 0 Å². The van der Waals surface area contributed by atoms with Crippen LogP contribution in [0.2, 0.25) is 0 Å². The van der Waals surface area contributed by atoms with Crippen LogP contribution in [0.3, 0.4) is 0 Å². The zero-order valence-electron chi connectivity index (χ0n) is 4.40. The summed E-state index contributed by atoms with van der Waals surface area (Å²) >= 11 is 1.34. The number of aromatic nitrogens is 1. The lowest BCUT2D eigenvalue weighted by Gasteiger charge is -1.90. The number of hydrogen-bond acceptors (Lipinski definition) is 4. The van der Waals surface area contributed by atoms with Crippen LogP contribution in [0, 0.1) is 0 Å². The molecule has 0 saturated carbocycles. The second-order valence-corrected chi connectivity index (χ2v) is 1.97. The van der Waals surface area contributed by atoms with Gasteiger partial charge in [-0.25, -0.2) is 9.78 Å². The second kappa shape index (κ2) is 2.45. The Hall–Kier alpha value is -1.10. The number of carbonyl (C=O) groups excluding carboxylic acids is 1. The molecule has 5 heteroatoms. The molecule has 0 aliphatic rings. The number of amides is 1. The number of hydrogen-bond donors (Lipinski definition) is 1. The van der Waals surface area contributed by atoms with E-state index in [9.17, 15) is 4.79 Å². The van der Waals surface area contributed by atoms with Crippen LogP contribution in [-0.2, 0) is 0 Å². The van der Waals surface area contributed by atoms with Gasteiger partial charge in [0, 0.05) is 0 Å². The molecule has 0 aliphatic carbocycles. The number of primary amides is 1. The van der Waals surface area contributed by atoms with Gasteiger partial charge in [0.25, 0.3) is 0 Å². The van der Waals surface area contributed by atoms with E-state index < -0.39 is 6.09 Å². The van der Waals surface area contributed by atoms with Crippen molar-refractivity contribution in [3.63, 3.8) is 0 Å². The van der Waals surface area contributed by atoms with Crippen LogP contribution in [0.5, 0.6) is 5.88 Å². The zero-order valence-corrected chi connectivity index (χ0v) is 5.22. The van der Waals surface area contributed by atoms with Crippen LogP contribution in [0.1, 0.15) is 0 Å². The van der Waals surface area contributed by atoms with Gasteiger partial charge in [0.1, 0.15) is 0 Å². The fraction of sp³-hybridized carbons (Fsp3) is 0. The number of thiazole rings is 1. The smallest absolute Gasteiger partial charge is 0.391 e. The number of ether oxygens (including phenoxy) is 1. The molecule has 1 heterocycles. The molecule has 0 bridgehead atoms. The Morgan fingerprint density at radius 1 is 1.89 bits per heavy atom. The summed E-state index contributed by atoms with van der Waals surface area (Å²) < 4.78 is 4.39. The third-order valence-electron chi connectivity index (χ3n) is 0.615. The van der Waals surface area contributed by atoms with Crippen LogP contribution in [0.25, 0.3) is 0 Å². The Morgan fingerprint density at radius 2 is 2.67 bits per heavy atom. The predicted octanol–water partition coefficient (Wildman–Crippen LogP) is 0.601. The highest BCUT2D eigenvalue weighted by Crippen LogP contribution is 2.08. The normalized spacial score (nSPS) is 8.89. The first-order chi connectivity index (χ1) is 4.29. The minimum atomic E-state index is -0.833. The van der Waals surface area contributed by atoms with Gasteiger partial charge in [0.05, 0.1) is 10.9 Å². The lowest BCUT2D eigenvalue weighted by molar-refractivity contribution is 0.209. The maximum atomic E-state index is 10.0. The third-order valence-corrected chi connectivity index (χ3v) is 1.18. The van der Waals surface area contributed by atoms with Crippen molar-refractivity contribution in [1.29, 1.82) is 0 Å². The highest BCUT2D eigenvalue weighted by molar-refractivity contribution is 7.07. The summed E-state index contributed by atoms with van der Waals surface area (Å²) in [5.74, 6) is 0.257. The molecule has 0 atom stereocenters. The molecule has 1 aromatic heterocycles. The van der Waals surface area contributed by atoms with Crippen molar-refractivity contribution in [2.24, 2.45) is 5.73 Å². The minimum Gasteiger partial charge on any atom is -0.391 e. The Morgan fingerprint density at radius 3 is 3.11 bits per heavy atom. The molecular formula is C4H4N2O2S. The van der Waals surface area contributed by atoms with Gasteiger partial charge in [-0.1, -0.05) is 0 Å². The lowest BCUT2D eigenvalue weighted by atomic mass is 10.9. The highest BCUT2D eigenvalue weighted by Gasteiger charge is 1.97. The van der Waals surface area contributed by atoms with Crippen LogP contribution in [0.15, 0.2) is 10.9 Å². The number of nitrogens with zero attached hydrogens (tertiary/aromatic N) is 1. The first-order valence-corrected chi connectivity index (χ1v) is 3.09. The van der Waals surface area contributed by atoms with Gasteiger partial charge >= 0.3 is 6.09 Å². The van der Waals surface area contributed by atoms with Gasteiger partial charge in [-0.15, -0.1) is 11.3 Å². The van der Waals surface area contributed by atoms with Gasteiger partial charge in [-0.2, -0.15) is 0 Å². The molecule has 0 unspecified atom stereocenters.